The Balaban J connectivity index is 2.10. The monoisotopic (exact) mass is 418 g/mol. The van der Waals surface area contributed by atoms with Crippen LogP contribution in [-0.4, -0.2) is 24.7 Å². The Morgan fingerprint density at radius 3 is 2.37 bits per heavy atom. The molecular formula is C17H12ClF3NO4S-. The second-order valence-electron chi connectivity index (χ2n) is 6.00. The first-order valence-corrected chi connectivity index (χ1v) is 9.50. The number of sulfonamides is 1. The summed E-state index contributed by atoms with van der Waals surface area (Å²) in [6, 6.07) is 7.26. The highest BCUT2D eigenvalue weighted by Gasteiger charge is 2.39. The number of alkyl halides is 3. The van der Waals surface area contributed by atoms with Crippen molar-refractivity contribution in [1.82, 2.24) is 4.31 Å². The minimum Gasteiger partial charge on any atom is -0.548 e. The minimum atomic E-state index is -4.86. The van der Waals surface area contributed by atoms with E-state index in [1.807, 2.05) is 0 Å². The fourth-order valence-electron chi connectivity index (χ4n) is 2.97. The molecule has 0 radical (unpaired) electrons. The molecule has 0 fully saturated rings. The zero-order valence-electron chi connectivity index (χ0n) is 13.5. The largest absolute Gasteiger partial charge is 0.548 e. The van der Waals surface area contributed by atoms with E-state index in [4.69, 9.17) is 11.6 Å². The zero-order valence-corrected chi connectivity index (χ0v) is 15.1. The maximum absolute atomic E-state index is 13.1. The van der Waals surface area contributed by atoms with Gasteiger partial charge in [-0.3, -0.25) is 0 Å². The van der Waals surface area contributed by atoms with E-state index in [1.165, 1.54) is 0 Å². The van der Waals surface area contributed by atoms with E-state index in [9.17, 15) is 31.5 Å². The van der Waals surface area contributed by atoms with Crippen LogP contribution >= 0.6 is 11.6 Å². The first-order valence-electron chi connectivity index (χ1n) is 7.68. The molecule has 1 atom stereocenters. The number of nitrogens with zero attached hydrogens (tertiary/aromatic N) is 1. The maximum atomic E-state index is 13.1. The summed E-state index contributed by atoms with van der Waals surface area (Å²) in [5.41, 5.74) is -0.0959. The summed E-state index contributed by atoms with van der Waals surface area (Å²) in [6.07, 6.45) is -5.00. The maximum Gasteiger partial charge on any atom is 0.417 e. The predicted molar refractivity (Wildman–Crippen MR) is 88.1 cm³/mol. The van der Waals surface area contributed by atoms with Gasteiger partial charge in [-0.2, -0.15) is 17.5 Å². The standard InChI is InChI=1S/C17H13ClF3NO4S/c18-14-6-5-12(8-13(14)17(19,20)21)27(25,26)22-9-11-4-2-1-3-10(11)7-15(22)16(23)24/h1-6,8,15H,7,9H2,(H,23,24)/p-1/t15-/m0/s1. The molecule has 0 unspecified atom stereocenters. The highest BCUT2D eigenvalue weighted by atomic mass is 35.5. The lowest BCUT2D eigenvalue weighted by molar-refractivity contribution is -0.310. The van der Waals surface area contributed by atoms with Gasteiger partial charge in [0.1, 0.15) is 0 Å². The van der Waals surface area contributed by atoms with Crippen molar-refractivity contribution in [2.45, 2.75) is 30.1 Å². The van der Waals surface area contributed by atoms with Gasteiger partial charge in [0.2, 0.25) is 10.0 Å². The lowest BCUT2D eigenvalue weighted by Gasteiger charge is -2.36. The van der Waals surface area contributed by atoms with E-state index in [1.54, 1.807) is 24.3 Å². The molecule has 0 aromatic heterocycles. The van der Waals surface area contributed by atoms with Crippen LogP contribution in [0.4, 0.5) is 13.2 Å². The van der Waals surface area contributed by atoms with Crippen LogP contribution in [-0.2, 0) is 34.0 Å². The number of halogens is 4. The average molecular weight is 419 g/mol. The molecule has 0 spiro atoms. The third-order valence-corrected chi connectivity index (χ3v) is 6.51. The molecule has 10 heteroatoms. The summed E-state index contributed by atoms with van der Waals surface area (Å²) in [7, 11) is -4.54. The summed E-state index contributed by atoms with van der Waals surface area (Å²) >= 11 is 5.53. The summed E-state index contributed by atoms with van der Waals surface area (Å²) in [5.74, 6) is -1.63. The number of carbonyl (C=O) groups is 1. The van der Waals surface area contributed by atoms with Crippen molar-refractivity contribution in [1.29, 1.82) is 0 Å². The van der Waals surface area contributed by atoms with Crippen LogP contribution in [0, 0.1) is 0 Å². The number of benzene rings is 2. The Bertz CT molecular complexity index is 1010. The second kappa shape index (κ2) is 6.81. The van der Waals surface area contributed by atoms with E-state index in [0.29, 0.717) is 21.5 Å². The van der Waals surface area contributed by atoms with Gasteiger partial charge in [0.15, 0.2) is 0 Å². The van der Waals surface area contributed by atoms with Crippen LogP contribution in [0.3, 0.4) is 0 Å². The molecule has 0 bridgehead atoms. The Morgan fingerprint density at radius 1 is 1.15 bits per heavy atom. The van der Waals surface area contributed by atoms with Gasteiger partial charge < -0.3 is 9.90 Å². The summed E-state index contributed by atoms with van der Waals surface area (Å²) in [6.45, 7) is -0.291. The Labute approximate surface area is 158 Å². The summed E-state index contributed by atoms with van der Waals surface area (Å²) in [5, 5.41) is 10.9. The Kier molecular flexibility index (Phi) is 4.96. The minimum absolute atomic E-state index is 0.141. The van der Waals surface area contributed by atoms with Crippen LogP contribution in [0.1, 0.15) is 16.7 Å². The number of hydrogen-bond donors (Lipinski definition) is 0. The van der Waals surface area contributed by atoms with Crippen LogP contribution in [0.5, 0.6) is 0 Å². The predicted octanol–water partition coefficient (Wildman–Crippen LogP) is 2.22. The van der Waals surface area contributed by atoms with E-state index in [-0.39, 0.29) is 13.0 Å². The number of carboxylic acids is 1. The van der Waals surface area contributed by atoms with Crippen LogP contribution < -0.4 is 5.11 Å². The third-order valence-electron chi connectivity index (χ3n) is 4.33. The number of hydrogen-bond acceptors (Lipinski definition) is 4. The van der Waals surface area contributed by atoms with Crippen molar-refractivity contribution in [3.63, 3.8) is 0 Å². The normalized spacial score (nSPS) is 18.1. The molecule has 1 heterocycles. The lowest BCUT2D eigenvalue weighted by Crippen LogP contribution is -2.53. The lowest BCUT2D eigenvalue weighted by atomic mass is 9.96. The Hall–Kier alpha value is -2.10. The van der Waals surface area contributed by atoms with E-state index in [2.05, 4.69) is 0 Å². The quantitative estimate of drug-likeness (QED) is 0.765. The molecule has 0 saturated heterocycles. The Morgan fingerprint density at radius 2 is 1.78 bits per heavy atom. The van der Waals surface area contributed by atoms with Gasteiger partial charge in [0, 0.05) is 6.54 Å². The fraction of sp³-hybridized carbons (Fsp3) is 0.235. The van der Waals surface area contributed by atoms with Crippen molar-refractivity contribution in [3.05, 3.63) is 64.2 Å². The summed E-state index contributed by atoms with van der Waals surface area (Å²) < 4.78 is 65.7. The van der Waals surface area contributed by atoms with Crippen LogP contribution in [0.15, 0.2) is 47.4 Å². The molecule has 0 N–H and O–H groups in total. The van der Waals surface area contributed by atoms with Gasteiger partial charge >= 0.3 is 6.18 Å². The molecule has 27 heavy (non-hydrogen) atoms. The highest BCUT2D eigenvalue weighted by Crippen LogP contribution is 2.37. The third kappa shape index (κ3) is 3.67. The van der Waals surface area contributed by atoms with Crippen molar-refractivity contribution < 1.29 is 31.5 Å². The van der Waals surface area contributed by atoms with Gasteiger partial charge in [0.05, 0.1) is 27.5 Å². The number of carbonyl (C=O) groups excluding carboxylic acids is 1. The molecule has 3 rings (SSSR count). The molecule has 0 saturated carbocycles. The highest BCUT2D eigenvalue weighted by molar-refractivity contribution is 7.89. The molecule has 1 aliphatic heterocycles. The van der Waals surface area contributed by atoms with Crippen molar-refractivity contribution in [3.8, 4) is 0 Å². The van der Waals surface area contributed by atoms with Gasteiger partial charge in [-0.05, 0) is 35.7 Å². The smallest absolute Gasteiger partial charge is 0.417 e. The van der Waals surface area contributed by atoms with E-state index < -0.39 is 43.7 Å². The molecule has 144 valence electrons. The topological polar surface area (TPSA) is 77.5 Å². The van der Waals surface area contributed by atoms with Gasteiger partial charge in [-0.15, -0.1) is 0 Å². The molecule has 1 aliphatic rings. The van der Waals surface area contributed by atoms with Gasteiger partial charge in [0.25, 0.3) is 0 Å². The van der Waals surface area contributed by atoms with Crippen LogP contribution in [0.2, 0.25) is 5.02 Å². The molecule has 2 aromatic rings. The molecular weight excluding hydrogens is 407 g/mol. The zero-order chi connectivity index (χ0) is 20.0. The van der Waals surface area contributed by atoms with Gasteiger partial charge in [-0.25, -0.2) is 8.42 Å². The number of aliphatic carboxylic acids is 1. The first-order chi connectivity index (χ1) is 12.5. The van der Waals surface area contributed by atoms with Crippen LogP contribution in [0.25, 0.3) is 0 Å². The SMILES string of the molecule is O=C([O-])[C@@H]1Cc2ccccc2CN1S(=O)(=O)c1ccc(Cl)c(C(F)(F)F)c1. The van der Waals surface area contributed by atoms with Gasteiger partial charge in [-0.1, -0.05) is 35.9 Å². The van der Waals surface area contributed by atoms with E-state index >= 15 is 0 Å². The summed E-state index contributed by atoms with van der Waals surface area (Å²) in [4.78, 5) is 10.8. The molecule has 0 aliphatic carbocycles. The fourth-order valence-corrected chi connectivity index (χ4v) is 4.78. The first kappa shape index (κ1) is 19.7. The molecule has 5 nitrogen and oxygen atoms in total. The molecule has 2 aromatic carbocycles. The van der Waals surface area contributed by atoms with E-state index in [0.717, 1.165) is 12.1 Å². The number of fused-ring (bicyclic) bond motifs is 1. The van der Waals surface area contributed by atoms with Crippen molar-refractivity contribution >= 4 is 27.6 Å². The molecule has 0 amide bonds. The second-order valence-corrected chi connectivity index (χ2v) is 8.30. The van der Waals surface area contributed by atoms with Crippen molar-refractivity contribution in [2.24, 2.45) is 0 Å². The average Bonchev–Trinajstić information content (AvgIpc) is 2.59. The van der Waals surface area contributed by atoms with Crippen molar-refractivity contribution in [2.75, 3.05) is 0 Å². The number of rotatable bonds is 3. The number of carboxylic acid groups (broad SMARTS) is 1.